The first-order valence-corrected chi connectivity index (χ1v) is 7.32. The molecule has 0 aliphatic carbocycles. The molecule has 1 aromatic carbocycles. The first-order chi connectivity index (χ1) is 11.0. The third kappa shape index (κ3) is 4.21. The molecule has 0 bridgehead atoms. The fourth-order valence-corrected chi connectivity index (χ4v) is 2.48. The maximum Gasteiger partial charge on any atom is 0.308 e. The van der Waals surface area contributed by atoms with E-state index in [1.165, 1.54) is 12.0 Å². The summed E-state index contributed by atoms with van der Waals surface area (Å²) in [6.45, 7) is 0.757. The number of ether oxygens (including phenoxy) is 2. The van der Waals surface area contributed by atoms with E-state index in [1.807, 2.05) is 0 Å². The van der Waals surface area contributed by atoms with Crippen LogP contribution in [0.5, 0.6) is 5.75 Å². The van der Waals surface area contributed by atoms with Crippen molar-refractivity contribution >= 4 is 17.8 Å². The van der Waals surface area contributed by atoms with Gasteiger partial charge in [-0.2, -0.15) is 0 Å². The second kappa shape index (κ2) is 7.62. The predicted octanol–water partition coefficient (Wildman–Crippen LogP) is 0.128. The fourth-order valence-electron chi connectivity index (χ4n) is 2.48. The molecular weight excluding hydrogens is 300 g/mol. The van der Waals surface area contributed by atoms with Gasteiger partial charge in [0, 0.05) is 13.1 Å². The van der Waals surface area contributed by atoms with Crippen molar-refractivity contribution in [1.82, 2.24) is 10.2 Å². The highest BCUT2D eigenvalue weighted by Gasteiger charge is 2.34. The molecule has 0 radical (unpaired) electrons. The van der Waals surface area contributed by atoms with Crippen LogP contribution < -0.4 is 10.1 Å². The first kappa shape index (κ1) is 16.8. The molecule has 23 heavy (non-hydrogen) atoms. The molecule has 1 aromatic rings. The molecular formula is C16H20N2O5. The molecule has 2 amide bonds. The van der Waals surface area contributed by atoms with Gasteiger partial charge >= 0.3 is 5.97 Å². The minimum absolute atomic E-state index is 0.142. The molecule has 0 unspecified atom stereocenters. The lowest BCUT2D eigenvalue weighted by Gasteiger charge is -2.34. The lowest BCUT2D eigenvalue weighted by molar-refractivity contribution is -0.150. The van der Waals surface area contributed by atoms with Crippen LogP contribution in [0.1, 0.15) is 12.0 Å². The quantitative estimate of drug-likeness (QED) is 0.780. The van der Waals surface area contributed by atoms with Crippen molar-refractivity contribution in [2.45, 2.75) is 18.9 Å². The number of esters is 1. The first-order valence-electron chi connectivity index (χ1n) is 7.32. The van der Waals surface area contributed by atoms with E-state index < -0.39 is 12.0 Å². The Hall–Kier alpha value is -2.57. The second-order valence-electron chi connectivity index (χ2n) is 5.20. The normalized spacial score (nSPS) is 17.4. The molecule has 1 heterocycles. The van der Waals surface area contributed by atoms with Gasteiger partial charge in [0.25, 0.3) is 0 Å². The Morgan fingerprint density at radius 2 is 1.96 bits per heavy atom. The smallest absolute Gasteiger partial charge is 0.308 e. The van der Waals surface area contributed by atoms with Crippen molar-refractivity contribution in [2.24, 2.45) is 0 Å². The zero-order valence-electron chi connectivity index (χ0n) is 13.2. The van der Waals surface area contributed by atoms with Gasteiger partial charge < -0.3 is 19.7 Å². The van der Waals surface area contributed by atoms with Crippen molar-refractivity contribution in [2.75, 3.05) is 27.3 Å². The number of amides is 2. The summed E-state index contributed by atoms with van der Waals surface area (Å²) in [6.07, 6.45) is 0.0195. The van der Waals surface area contributed by atoms with Crippen LogP contribution in [0.3, 0.4) is 0 Å². The molecule has 1 saturated heterocycles. The Morgan fingerprint density at radius 1 is 1.26 bits per heavy atom. The predicted molar refractivity (Wildman–Crippen MR) is 81.8 cm³/mol. The lowest BCUT2D eigenvalue weighted by Crippen LogP contribution is -2.58. The van der Waals surface area contributed by atoms with E-state index in [0.29, 0.717) is 18.8 Å². The molecule has 1 aliphatic rings. The minimum atomic E-state index is -0.818. The number of benzene rings is 1. The molecule has 2 rings (SSSR count). The van der Waals surface area contributed by atoms with Gasteiger partial charge in [0.05, 0.1) is 27.1 Å². The molecule has 1 N–H and O–H groups in total. The van der Waals surface area contributed by atoms with Crippen LogP contribution in [-0.4, -0.2) is 56.0 Å². The number of rotatable bonds is 5. The molecule has 1 fully saturated rings. The van der Waals surface area contributed by atoms with Gasteiger partial charge in [-0.1, -0.05) is 12.1 Å². The molecule has 124 valence electrons. The SMILES string of the molecule is COC(=O)C[C@H]1C(=O)NCCN1C(=O)Cc1ccc(OC)cc1. The van der Waals surface area contributed by atoms with Crippen LogP contribution in [0.25, 0.3) is 0 Å². The van der Waals surface area contributed by atoms with Gasteiger partial charge in [0.1, 0.15) is 11.8 Å². The third-order valence-corrected chi connectivity index (χ3v) is 3.75. The zero-order valence-corrected chi connectivity index (χ0v) is 13.2. The van der Waals surface area contributed by atoms with Gasteiger partial charge in [-0.3, -0.25) is 14.4 Å². The van der Waals surface area contributed by atoms with Crippen molar-refractivity contribution < 1.29 is 23.9 Å². The van der Waals surface area contributed by atoms with Crippen molar-refractivity contribution in [3.8, 4) is 5.75 Å². The van der Waals surface area contributed by atoms with Crippen LogP contribution in [0, 0.1) is 0 Å². The maximum atomic E-state index is 12.5. The van der Waals surface area contributed by atoms with E-state index in [2.05, 4.69) is 10.1 Å². The van der Waals surface area contributed by atoms with Gasteiger partial charge in [0.2, 0.25) is 11.8 Å². The summed E-state index contributed by atoms with van der Waals surface area (Å²) in [5.74, 6) is -0.333. The van der Waals surface area contributed by atoms with Crippen LogP contribution in [0.2, 0.25) is 0 Å². The summed E-state index contributed by atoms with van der Waals surface area (Å²) in [7, 11) is 2.83. The number of carbonyl (C=O) groups excluding carboxylic acids is 3. The molecule has 0 saturated carbocycles. The average molecular weight is 320 g/mol. The summed E-state index contributed by atoms with van der Waals surface area (Å²) in [5.41, 5.74) is 0.818. The lowest BCUT2D eigenvalue weighted by atomic mass is 10.1. The van der Waals surface area contributed by atoms with Crippen molar-refractivity contribution in [3.63, 3.8) is 0 Å². The number of nitrogens with zero attached hydrogens (tertiary/aromatic N) is 1. The minimum Gasteiger partial charge on any atom is -0.497 e. The van der Waals surface area contributed by atoms with Gasteiger partial charge in [-0.05, 0) is 17.7 Å². The molecule has 1 aliphatic heterocycles. The number of hydrogen-bond donors (Lipinski definition) is 1. The Bertz CT molecular complexity index is 585. The highest BCUT2D eigenvalue weighted by Crippen LogP contribution is 2.15. The van der Waals surface area contributed by atoms with Gasteiger partial charge in [-0.15, -0.1) is 0 Å². The number of methoxy groups -OCH3 is 2. The summed E-state index contributed by atoms with van der Waals surface area (Å²) in [5, 5.41) is 2.67. The molecule has 7 nitrogen and oxygen atoms in total. The molecule has 7 heteroatoms. The van der Waals surface area contributed by atoms with E-state index in [9.17, 15) is 14.4 Å². The highest BCUT2D eigenvalue weighted by atomic mass is 16.5. The van der Waals surface area contributed by atoms with E-state index in [0.717, 1.165) is 5.56 Å². The van der Waals surface area contributed by atoms with Crippen LogP contribution >= 0.6 is 0 Å². The highest BCUT2D eigenvalue weighted by molar-refractivity contribution is 5.92. The Labute approximate surface area is 134 Å². The third-order valence-electron chi connectivity index (χ3n) is 3.75. The van der Waals surface area contributed by atoms with Crippen molar-refractivity contribution in [3.05, 3.63) is 29.8 Å². The maximum absolute atomic E-state index is 12.5. The fraction of sp³-hybridized carbons (Fsp3) is 0.438. The summed E-state index contributed by atoms with van der Waals surface area (Å²) < 4.78 is 9.68. The molecule has 0 spiro atoms. The zero-order chi connectivity index (χ0) is 16.8. The second-order valence-corrected chi connectivity index (χ2v) is 5.20. The van der Waals surface area contributed by atoms with E-state index >= 15 is 0 Å². The van der Waals surface area contributed by atoms with E-state index in [4.69, 9.17) is 4.74 Å². The van der Waals surface area contributed by atoms with Gasteiger partial charge in [-0.25, -0.2) is 0 Å². The average Bonchev–Trinajstić information content (AvgIpc) is 2.57. The largest absolute Gasteiger partial charge is 0.497 e. The number of hydrogen-bond acceptors (Lipinski definition) is 5. The number of piperazine rings is 1. The number of nitrogens with one attached hydrogen (secondary N) is 1. The van der Waals surface area contributed by atoms with Crippen LogP contribution in [-0.2, 0) is 25.5 Å². The summed E-state index contributed by atoms with van der Waals surface area (Å²) in [6, 6.07) is 6.34. The molecule has 1 atom stereocenters. The summed E-state index contributed by atoms with van der Waals surface area (Å²) in [4.78, 5) is 37.4. The van der Waals surface area contributed by atoms with Crippen LogP contribution in [0.15, 0.2) is 24.3 Å². The number of carbonyl (C=O) groups is 3. The topological polar surface area (TPSA) is 84.9 Å². The van der Waals surface area contributed by atoms with E-state index in [1.54, 1.807) is 31.4 Å². The monoisotopic (exact) mass is 320 g/mol. The van der Waals surface area contributed by atoms with Crippen LogP contribution in [0.4, 0.5) is 0 Å². The molecule has 0 aromatic heterocycles. The standard InChI is InChI=1S/C16H20N2O5/c1-22-12-5-3-11(4-6-12)9-14(19)18-8-7-17-16(21)13(18)10-15(20)23-2/h3-6,13H,7-10H2,1-2H3,(H,17,21)/t13-/m0/s1. The summed E-state index contributed by atoms with van der Waals surface area (Å²) >= 11 is 0. The van der Waals surface area contributed by atoms with Gasteiger partial charge in [0.15, 0.2) is 0 Å². The van der Waals surface area contributed by atoms with Crippen molar-refractivity contribution in [1.29, 1.82) is 0 Å². The Kier molecular flexibility index (Phi) is 5.56. The Morgan fingerprint density at radius 3 is 2.57 bits per heavy atom. The Balaban J connectivity index is 2.07. The van der Waals surface area contributed by atoms with E-state index in [-0.39, 0.29) is 24.7 Å².